The molecule has 9 heteroatoms. The predicted molar refractivity (Wildman–Crippen MR) is 120 cm³/mol. The Labute approximate surface area is 183 Å². The van der Waals surface area contributed by atoms with Gasteiger partial charge in [-0.1, -0.05) is 36.0 Å². The number of hydrogen-bond donors (Lipinski definition) is 1. The van der Waals surface area contributed by atoms with Crippen molar-refractivity contribution in [3.05, 3.63) is 64.9 Å². The molecule has 0 radical (unpaired) electrons. The predicted octanol–water partition coefficient (Wildman–Crippen LogP) is 3.23. The highest BCUT2D eigenvalue weighted by Crippen LogP contribution is 2.19. The molecule has 3 heterocycles. The molecular weight excluding hydrogens is 418 g/mol. The molecule has 3 aromatic rings. The summed E-state index contributed by atoms with van der Waals surface area (Å²) in [7, 11) is 0. The van der Waals surface area contributed by atoms with Crippen molar-refractivity contribution in [3.63, 3.8) is 0 Å². The summed E-state index contributed by atoms with van der Waals surface area (Å²) in [5.41, 5.74) is 1.19. The Morgan fingerprint density at radius 3 is 2.43 bits per heavy atom. The fourth-order valence-corrected chi connectivity index (χ4v) is 4.46. The van der Waals surface area contributed by atoms with Gasteiger partial charge in [0.2, 0.25) is 5.91 Å². The largest absolute Gasteiger partial charge is 0.368 e. The number of carbonyl (C=O) groups is 2. The molecule has 1 aromatic carbocycles. The zero-order valence-electron chi connectivity index (χ0n) is 16.2. The number of nitrogens with zero attached hydrogens (tertiary/aromatic N) is 4. The van der Waals surface area contributed by atoms with Gasteiger partial charge < -0.3 is 15.1 Å². The molecule has 30 heavy (non-hydrogen) atoms. The highest BCUT2D eigenvalue weighted by molar-refractivity contribution is 7.99. The number of thioether (sulfide) groups is 1. The summed E-state index contributed by atoms with van der Waals surface area (Å²) in [6, 6.07) is 17.3. The SMILES string of the molecule is O=C(Nc1ccc(SCC(=O)N2CCN(c3ccccc3)CC2)nn1)c1cccs1. The molecule has 154 valence electrons. The van der Waals surface area contributed by atoms with E-state index in [1.54, 1.807) is 18.2 Å². The molecule has 7 nitrogen and oxygen atoms in total. The van der Waals surface area contributed by atoms with Gasteiger partial charge in [0.25, 0.3) is 5.91 Å². The molecule has 0 bridgehead atoms. The molecule has 1 N–H and O–H groups in total. The quantitative estimate of drug-likeness (QED) is 0.594. The van der Waals surface area contributed by atoms with Gasteiger partial charge in [0, 0.05) is 31.9 Å². The van der Waals surface area contributed by atoms with Crippen molar-refractivity contribution in [2.45, 2.75) is 5.03 Å². The van der Waals surface area contributed by atoms with Gasteiger partial charge in [-0.15, -0.1) is 21.5 Å². The van der Waals surface area contributed by atoms with E-state index >= 15 is 0 Å². The third kappa shape index (κ3) is 5.17. The molecule has 0 aliphatic carbocycles. The summed E-state index contributed by atoms with van der Waals surface area (Å²) in [5.74, 6) is 0.608. The van der Waals surface area contributed by atoms with Crippen molar-refractivity contribution < 1.29 is 9.59 Å². The molecule has 0 spiro atoms. The maximum Gasteiger partial charge on any atom is 0.266 e. The van der Waals surface area contributed by atoms with Crippen molar-refractivity contribution in [2.75, 3.05) is 42.1 Å². The van der Waals surface area contributed by atoms with Crippen LogP contribution in [-0.4, -0.2) is 58.8 Å². The second-order valence-corrected chi connectivity index (χ2v) is 8.62. The van der Waals surface area contributed by atoms with Crippen LogP contribution >= 0.6 is 23.1 Å². The number of piperazine rings is 1. The molecule has 2 amide bonds. The van der Waals surface area contributed by atoms with Gasteiger partial charge in [-0.2, -0.15) is 0 Å². The Morgan fingerprint density at radius 1 is 0.967 bits per heavy atom. The summed E-state index contributed by atoms with van der Waals surface area (Å²) < 4.78 is 0. The minimum atomic E-state index is -0.204. The lowest BCUT2D eigenvalue weighted by Gasteiger charge is -2.36. The summed E-state index contributed by atoms with van der Waals surface area (Å²) in [5, 5.41) is 13.4. The van der Waals surface area contributed by atoms with Crippen LogP contribution in [0.5, 0.6) is 0 Å². The fourth-order valence-electron chi connectivity index (χ4n) is 3.13. The van der Waals surface area contributed by atoms with Gasteiger partial charge in [0.15, 0.2) is 5.82 Å². The van der Waals surface area contributed by atoms with Crippen LogP contribution in [0.3, 0.4) is 0 Å². The van der Waals surface area contributed by atoms with Crippen LogP contribution in [0.2, 0.25) is 0 Å². The maximum atomic E-state index is 12.5. The zero-order valence-corrected chi connectivity index (χ0v) is 17.9. The molecule has 2 aromatic heterocycles. The Bertz CT molecular complexity index is 972. The van der Waals surface area contributed by atoms with Crippen LogP contribution in [0.4, 0.5) is 11.5 Å². The lowest BCUT2D eigenvalue weighted by atomic mass is 10.2. The van der Waals surface area contributed by atoms with Gasteiger partial charge in [0.05, 0.1) is 10.6 Å². The van der Waals surface area contributed by atoms with E-state index in [-0.39, 0.29) is 11.8 Å². The van der Waals surface area contributed by atoms with Gasteiger partial charge in [-0.25, -0.2) is 0 Å². The van der Waals surface area contributed by atoms with E-state index in [1.165, 1.54) is 28.8 Å². The number of amides is 2. The van der Waals surface area contributed by atoms with Crippen LogP contribution in [0, 0.1) is 0 Å². The number of aromatic nitrogens is 2. The first-order chi connectivity index (χ1) is 14.7. The van der Waals surface area contributed by atoms with Crippen molar-refractivity contribution >= 4 is 46.4 Å². The normalized spacial score (nSPS) is 13.9. The summed E-state index contributed by atoms with van der Waals surface area (Å²) >= 11 is 2.72. The molecular formula is C21H21N5O2S2. The van der Waals surface area contributed by atoms with Crippen LogP contribution in [0.15, 0.2) is 65.0 Å². The third-order valence-corrected chi connectivity index (χ3v) is 6.50. The van der Waals surface area contributed by atoms with E-state index in [2.05, 4.69) is 32.5 Å². The Hall–Kier alpha value is -2.91. The number of para-hydroxylation sites is 1. The van der Waals surface area contributed by atoms with E-state index in [1.807, 2.05) is 34.5 Å². The second kappa shape index (κ2) is 9.73. The van der Waals surface area contributed by atoms with Gasteiger partial charge >= 0.3 is 0 Å². The lowest BCUT2D eigenvalue weighted by Crippen LogP contribution is -2.49. The third-order valence-electron chi connectivity index (χ3n) is 4.72. The number of anilines is 2. The molecule has 0 unspecified atom stereocenters. The van der Waals surface area contributed by atoms with Gasteiger partial charge in [-0.3, -0.25) is 9.59 Å². The van der Waals surface area contributed by atoms with Crippen LogP contribution < -0.4 is 10.2 Å². The molecule has 1 aliphatic rings. The monoisotopic (exact) mass is 439 g/mol. The van der Waals surface area contributed by atoms with Gasteiger partial charge in [-0.05, 0) is 35.7 Å². The van der Waals surface area contributed by atoms with Crippen LogP contribution in [0.25, 0.3) is 0 Å². The number of rotatable bonds is 6. The van der Waals surface area contributed by atoms with Crippen molar-refractivity contribution in [3.8, 4) is 0 Å². The zero-order chi connectivity index (χ0) is 20.8. The average molecular weight is 440 g/mol. The highest BCUT2D eigenvalue weighted by Gasteiger charge is 2.21. The Morgan fingerprint density at radius 2 is 1.77 bits per heavy atom. The minimum Gasteiger partial charge on any atom is -0.368 e. The molecule has 1 saturated heterocycles. The molecule has 0 atom stereocenters. The molecule has 1 aliphatic heterocycles. The highest BCUT2D eigenvalue weighted by atomic mass is 32.2. The first-order valence-electron chi connectivity index (χ1n) is 9.58. The number of benzene rings is 1. The van der Waals surface area contributed by atoms with Crippen molar-refractivity contribution in [1.29, 1.82) is 0 Å². The number of hydrogen-bond acceptors (Lipinski definition) is 7. The Kier molecular flexibility index (Phi) is 6.60. The van der Waals surface area contributed by atoms with E-state index in [4.69, 9.17) is 0 Å². The summed E-state index contributed by atoms with van der Waals surface area (Å²) in [4.78, 5) is 29.4. The fraction of sp³-hybridized carbons (Fsp3) is 0.238. The van der Waals surface area contributed by atoms with Crippen LogP contribution in [0.1, 0.15) is 9.67 Å². The number of carbonyl (C=O) groups excluding carboxylic acids is 2. The van der Waals surface area contributed by atoms with Crippen molar-refractivity contribution in [1.82, 2.24) is 15.1 Å². The number of nitrogens with one attached hydrogen (secondary N) is 1. The second-order valence-electron chi connectivity index (χ2n) is 6.68. The van der Waals surface area contributed by atoms with Crippen molar-refractivity contribution in [2.24, 2.45) is 0 Å². The standard InChI is InChI=1S/C21H21N5O2S2/c27-20(26-12-10-25(11-13-26)16-5-2-1-3-6-16)15-30-19-9-8-18(23-24-19)22-21(28)17-7-4-14-29-17/h1-9,14H,10-13,15H2,(H,22,23,28). The molecule has 0 saturated carbocycles. The van der Waals surface area contributed by atoms with Gasteiger partial charge in [0.1, 0.15) is 5.03 Å². The van der Waals surface area contributed by atoms with E-state index < -0.39 is 0 Å². The average Bonchev–Trinajstić information content (AvgIpc) is 3.34. The van der Waals surface area contributed by atoms with E-state index in [0.717, 1.165) is 13.1 Å². The maximum absolute atomic E-state index is 12.5. The summed E-state index contributed by atoms with van der Waals surface area (Å²) in [6.07, 6.45) is 0. The molecule has 4 rings (SSSR count). The molecule has 1 fully saturated rings. The smallest absolute Gasteiger partial charge is 0.266 e. The summed E-state index contributed by atoms with van der Waals surface area (Å²) in [6.45, 7) is 3.10. The van der Waals surface area contributed by atoms with E-state index in [0.29, 0.717) is 34.6 Å². The Balaban J connectivity index is 1.23. The lowest BCUT2D eigenvalue weighted by molar-refractivity contribution is -0.128. The minimum absolute atomic E-state index is 0.101. The topological polar surface area (TPSA) is 78.4 Å². The van der Waals surface area contributed by atoms with Crippen LogP contribution in [-0.2, 0) is 4.79 Å². The van der Waals surface area contributed by atoms with E-state index in [9.17, 15) is 9.59 Å². The number of thiophene rings is 1. The first-order valence-corrected chi connectivity index (χ1v) is 11.4. The first kappa shape index (κ1) is 20.4.